The molecule has 0 aromatic carbocycles. The van der Waals surface area contributed by atoms with Crippen LogP contribution in [0.15, 0.2) is 17.5 Å². The lowest BCUT2D eigenvalue weighted by Gasteiger charge is -2.30. The average molecular weight is 261 g/mol. The van der Waals surface area contributed by atoms with E-state index in [1.165, 1.54) is 4.88 Å². The van der Waals surface area contributed by atoms with Gasteiger partial charge in [0.25, 0.3) is 0 Å². The number of alkyl halides is 1. The second-order valence-electron chi connectivity index (χ2n) is 4.57. The van der Waals surface area contributed by atoms with Crippen LogP contribution in [0.5, 0.6) is 0 Å². The molecule has 1 aromatic heterocycles. The molecule has 13 heavy (non-hydrogen) atoms. The Bertz CT molecular complexity index is 246. The Hall–Kier alpha value is 0.180. The van der Waals surface area contributed by atoms with Gasteiger partial charge in [-0.05, 0) is 22.8 Å². The standard InChI is InChI=1S/C11H17BrS/c1-8(11(2,3)4)10(12)9-6-5-7-13-9/h5-8,10H,1-4H3. The molecular formula is C11H17BrS. The summed E-state index contributed by atoms with van der Waals surface area (Å²) < 4.78 is 0. The lowest BCUT2D eigenvalue weighted by molar-refractivity contribution is 0.260. The lowest BCUT2D eigenvalue weighted by Crippen LogP contribution is -2.20. The van der Waals surface area contributed by atoms with Crippen LogP contribution in [0, 0.1) is 11.3 Å². The first-order chi connectivity index (χ1) is 5.93. The van der Waals surface area contributed by atoms with Crippen molar-refractivity contribution in [2.45, 2.75) is 32.5 Å². The van der Waals surface area contributed by atoms with E-state index in [-0.39, 0.29) is 0 Å². The predicted octanol–water partition coefficient (Wildman–Crippen LogP) is 4.87. The monoisotopic (exact) mass is 260 g/mol. The number of hydrogen-bond acceptors (Lipinski definition) is 1. The summed E-state index contributed by atoms with van der Waals surface area (Å²) in [6, 6.07) is 4.32. The summed E-state index contributed by atoms with van der Waals surface area (Å²) in [5.41, 5.74) is 0.359. The van der Waals surface area contributed by atoms with Gasteiger partial charge in [-0.3, -0.25) is 0 Å². The Morgan fingerprint density at radius 3 is 2.38 bits per heavy atom. The molecule has 1 aromatic rings. The summed E-state index contributed by atoms with van der Waals surface area (Å²) >= 11 is 5.61. The SMILES string of the molecule is CC(C(Br)c1cccs1)C(C)(C)C. The average Bonchev–Trinajstić information content (AvgIpc) is 2.51. The van der Waals surface area contributed by atoms with Crippen LogP contribution in [0.3, 0.4) is 0 Å². The van der Waals surface area contributed by atoms with Crippen LogP contribution in [0.1, 0.15) is 37.4 Å². The molecule has 0 saturated heterocycles. The highest BCUT2D eigenvalue weighted by molar-refractivity contribution is 9.09. The number of thiophene rings is 1. The van der Waals surface area contributed by atoms with Crippen LogP contribution in [0.4, 0.5) is 0 Å². The number of hydrogen-bond donors (Lipinski definition) is 0. The molecule has 1 heterocycles. The largest absolute Gasteiger partial charge is 0.148 e. The van der Waals surface area contributed by atoms with Crippen molar-refractivity contribution >= 4 is 27.3 Å². The Kier molecular flexibility index (Phi) is 3.58. The zero-order chi connectivity index (χ0) is 10.1. The highest BCUT2D eigenvalue weighted by Crippen LogP contribution is 2.42. The van der Waals surface area contributed by atoms with Crippen LogP contribution < -0.4 is 0 Å². The molecule has 0 aliphatic carbocycles. The van der Waals surface area contributed by atoms with E-state index in [1.807, 2.05) is 11.3 Å². The molecule has 0 spiro atoms. The van der Waals surface area contributed by atoms with Gasteiger partial charge in [0.05, 0.1) is 4.83 Å². The topological polar surface area (TPSA) is 0 Å². The van der Waals surface area contributed by atoms with Crippen molar-refractivity contribution < 1.29 is 0 Å². The van der Waals surface area contributed by atoms with Gasteiger partial charge in [-0.2, -0.15) is 0 Å². The van der Waals surface area contributed by atoms with E-state index in [0.717, 1.165) is 0 Å². The Morgan fingerprint density at radius 2 is 2.00 bits per heavy atom. The maximum absolute atomic E-state index is 3.78. The van der Waals surface area contributed by atoms with Gasteiger partial charge in [0.2, 0.25) is 0 Å². The quantitative estimate of drug-likeness (QED) is 0.666. The van der Waals surface area contributed by atoms with E-state index in [1.54, 1.807) is 0 Å². The zero-order valence-electron chi connectivity index (χ0n) is 8.67. The van der Waals surface area contributed by atoms with E-state index >= 15 is 0 Å². The molecular weight excluding hydrogens is 244 g/mol. The molecule has 0 fully saturated rings. The fourth-order valence-corrected chi connectivity index (χ4v) is 3.21. The molecule has 0 N–H and O–H groups in total. The van der Waals surface area contributed by atoms with Crippen LogP contribution in [0.25, 0.3) is 0 Å². The van der Waals surface area contributed by atoms with Crippen LogP contribution in [0.2, 0.25) is 0 Å². The molecule has 2 heteroatoms. The second kappa shape index (κ2) is 4.14. The molecule has 0 radical (unpaired) electrons. The fourth-order valence-electron chi connectivity index (χ4n) is 1.13. The third-order valence-electron chi connectivity index (χ3n) is 2.62. The minimum Gasteiger partial charge on any atom is -0.148 e. The third kappa shape index (κ3) is 2.81. The highest BCUT2D eigenvalue weighted by atomic mass is 79.9. The molecule has 0 aliphatic heterocycles. The first kappa shape index (κ1) is 11.3. The Labute approximate surface area is 93.5 Å². The molecule has 0 nitrogen and oxygen atoms in total. The third-order valence-corrected chi connectivity index (χ3v) is 5.16. The zero-order valence-corrected chi connectivity index (χ0v) is 11.1. The van der Waals surface area contributed by atoms with Gasteiger partial charge >= 0.3 is 0 Å². The van der Waals surface area contributed by atoms with Gasteiger partial charge in [0.15, 0.2) is 0 Å². The van der Waals surface area contributed by atoms with Gasteiger partial charge in [0, 0.05) is 4.88 Å². The number of rotatable bonds is 2. The van der Waals surface area contributed by atoms with Crippen molar-refractivity contribution in [1.29, 1.82) is 0 Å². The van der Waals surface area contributed by atoms with E-state index in [4.69, 9.17) is 0 Å². The molecule has 0 saturated carbocycles. The van der Waals surface area contributed by atoms with Crippen molar-refractivity contribution in [2.75, 3.05) is 0 Å². The van der Waals surface area contributed by atoms with Gasteiger partial charge < -0.3 is 0 Å². The van der Waals surface area contributed by atoms with Crippen molar-refractivity contribution in [1.82, 2.24) is 0 Å². The maximum atomic E-state index is 3.78. The van der Waals surface area contributed by atoms with Crippen molar-refractivity contribution in [2.24, 2.45) is 11.3 Å². The minimum absolute atomic E-state index is 0.359. The van der Waals surface area contributed by atoms with Crippen LogP contribution in [-0.2, 0) is 0 Å². The van der Waals surface area contributed by atoms with E-state index in [2.05, 4.69) is 61.1 Å². The van der Waals surface area contributed by atoms with E-state index in [9.17, 15) is 0 Å². The molecule has 74 valence electrons. The first-order valence-electron chi connectivity index (χ1n) is 4.60. The van der Waals surface area contributed by atoms with E-state index < -0.39 is 0 Å². The molecule has 0 aliphatic rings. The molecule has 2 unspecified atom stereocenters. The van der Waals surface area contributed by atoms with Gasteiger partial charge in [-0.15, -0.1) is 11.3 Å². The van der Waals surface area contributed by atoms with Crippen molar-refractivity contribution in [3.05, 3.63) is 22.4 Å². The van der Waals surface area contributed by atoms with Crippen LogP contribution >= 0.6 is 27.3 Å². The summed E-state index contributed by atoms with van der Waals surface area (Å²) in [6.45, 7) is 9.18. The van der Waals surface area contributed by atoms with Crippen LogP contribution in [-0.4, -0.2) is 0 Å². The van der Waals surface area contributed by atoms with Crippen molar-refractivity contribution in [3.8, 4) is 0 Å². The smallest absolute Gasteiger partial charge is 0.0519 e. The molecule has 1 rings (SSSR count). The molecule has 0 amide bonds. The number of halogens is 1. The summed E-state index contributed by atoms with van der Waals surface area (Å²) in [5.74, 6) is 0.645. The fraction of sp³-hybridized carbons (Fsp3) is 0.636. The maximum Gasteiger partial charge on any atom is 0.0519 e. The summed E-state index contributed by atoms with van der Waals surface area (Å²) in [4.78, 5) is 1.93. The Morgan fingerprint density at radius 1 is 1.38 bits per heavy atom. The van der Waals surface area contributed by atoms with E-state index in [0.29, 0.717) is 16.2 Å². The minimum atomic E-state index is 0.359. The summed E-state index contributed by atoms with van der Waals surface area (Å²) in [7, 11) is 0. The normalized spacial score (nSPS) is 17.0. The lowest BCUT2D eigenvalue weighted by atomic mass is 9.80. The van der Waals surface area contributed by atoms with Crippen molar-refractivity contribution in [3.63, 3.8) is 0 Å². The summed E-state index contributed by atoms with van der Waals surface area (Å²) in [5, 5.41) is 2.14. The molecule has 2 atom stereocenters. The molecule has 0 bridgehead atoms. The van der Waals surface area contributed by atoms with Gasteiger partial charge in [-0.25, -0.2) is 0 Å². The Balaban J connectivity index is 2.74. The summed E-state index contributed by atoms with van der Waals surface area (Å²) in [6.07, 6.45) is 0. The second-order valence-corrected chi connectivity index (χ2v) is 6.54. The first-order valence-corrected chi connectivity index (χ1v) is 6.40. The van der Waals surface area contributed by atoms with Gasteiger partial charge in [-0.1, -0.05) is 49.7 Å². The predicted molar refractivity (Wildman–Crippen MR) is 64.6 cm³/mol. The van der Waals surface area contributed by atoms with Gasteiger partial charge in [0.1, 0.15) is 0 Å². The highest BCUT2D eigenvalue weighted by Gasteiger charge is 2.27.